The average Bonchev–Trinajstić information content (AvgIpc) is 2.51. The van der Waals surface area contributed by atoms with E-state index in [1.54, 1.807) is 17.5 Å². The van der Waals surface area contributed by atoms with Crippen LogP contribution in [0, 0.1) is 0 Å². The summed E-state index contributed by atoms with van der Waals surface area (Å²) in [5.41, 5.74) is 7.17. The van der Waals surface area contributed by atoms with Crippen LogP contribution < -0.4 is 5.73 Å². The normalized spacial score (nSPS) is 12.5. The third-order valence-electron chi connectivity index (χ3n) is 2.04. The zero-order valence-corrected chi connectivity index (χ0v) is 8.85. The van der Waals surface area contributed by atoms with Gasteiger partial charge in [0.1, 0.15) is 5.82 Å². The van der Waals surface area contributed by atoms with E-state index in [4.69, 9.17) is 5.73 Å². The molecule has 2 heterocycles. The van der Waals surface area contributed by atoms with Gasteiger partial charge in [-0.1, -0.05) is 20.8 Å². The Labute approximate surface area is 81.2 Å². The Morgan fingerprint density at radius 3 is 2.77 bits per heavy atom. The summed E-state index contributed by atoms with van der Waals surface area (Å²) < 4.78 is 2.02. The summed E-state index contributed by atoms with van der Waals surface area (Å²) in [6.45, 7) is 6.52. The molecule has 0 aliphatic heterocycles. The summed E-state index contributed by atoms with van der Waals surface area (Å²) in [7, 11) is 0. The Bertz CT molecular complexity index is 433. The van der Waals surface area contributed by atoms with E-state index in [0.29, 0.717) is 0 Å². The van der Waals surface area contributed by atoms with Gasteiger partial charge in [-0.15, -0.1) is 11.3 Å². The molecule has 0 atom stereocenters. The molecule has 0 aromatic carbocycles. The molecule has 4 heteroatoms. The van der Waals surface area contributed by atoms with Crippen molar-refractivity contribution in [3.05, 3.63) is 17.3 Å². The highest BCUT2D eigenvalue weighted by Crippen LogP contribution is 2.29. The molecule has 0 amide bonds. The smallest absolute Gasteiger partial charge is 0.195 e. The Kier molecular flexibility index (Phi) is 1.63. The van der Waals surface area contributed by atoms with Crippen LogP contribution in [0.3, 0.4) is 0 Å². The third-order valence-corrected chi connectivity index (χ3v) is 2.88. The highest BCUT2D eigenvalue weighted by atomic mass is 32.1. The van der Waals surface area contributed by atoms with Crippen LogP contribution in [0.25, 0.3) is 4.96 Å². The van der Waals surface area contributed by atoms with E-state index in [1.807, 2.05) is 4.40 Å². The second-order valence-corrected chi connectivity index (χ2v) is 5.01. The molecule has 0 spiro atoms. The number of nitrogens with zero attached hydrogens (tertiary/aromatic N) is 2. The van der Waals surface area contributed by atoms with E-state index in [9.17, 15) is 0 Å². The monoisotopic (exact) mass is 195 g/mol. The number of fused-ring (bicyclic) bond motifs is 1. The minimum Gasteiger partial charge on any atom is -0.383 e. The molecule has 0 radical (unpaired) electrons. The summed E-state index contributed by atoms with van der Waals surface area (Å²) in [5.74, 6) is 0.723. The van der Waals surface area contributed by atoms with E-state index in [-0.39, 0.29) is 5.41 Å². The molecule has 0 unspecified atom stereocenters. The van der Waals surface area contributed by atoms with Gasteiger partial charge in [0.05, 0.1) is 6.20 Å². The molecule has 2 aromatic rings. The first-order valence-corrected chi connectivity index (χ1v) is 5.09. The number of aromatic nitrogens is 2. The van der Waals surface area contributed by atoms with Crippen LogP contribution in [-0.2, 0) is 5.41 Å². The predicted octanol–water partition coefficient (Wildman–Crippen LogP) is 2.28. The van der Waals surface area contributed by atoms with Crippen LogP contribution in [-0.4, -0.2) is 9.38 Å². The van der Waals surface area contributed by atoms with E-state index >= 15 is 0 Å². The fourth-order valence-corrected chi connectivity index (χ4v) is 2.44. The number of nitrogens with two attached hydrogens (primary N) is 1. The molecule has 2 N–H and O–H groups in total. The number of thiazole rings is 1. The van der Waals surface area contributed by atoms with Crippen LogP contribution in [0.2, 0.25) is 0 Å². The molecular weight excluding hydrogens is 182 g/mol. The average molecular weight is 195 g/mol. The Balaban J connectivity index is 2.76. The van der Waals surface area contributed by atoms with Gasteiger partial charge in [-0.2, -0.15) is 0 Å². The van der Waals surface area contributed by atoms with Gasteiger partial charge in [-0.25, -0.2) is 4.98 Å². The fourth-order valence-electron chi connectivity index (χ4n) is 1.35. The number of anilines is 1. The minimum atomic E-state index is 0.118. The van der Waals surface area contributed by atoms with Crippen molar-refractivity contribution >= 4 is 22.1 Å². The van der Waals surface area contributed by atoms with E-state index < -0.39 is 0 Å². The molecule has 13 heavy (non-hydrogen) atoms. The van der Waals surface area contributed by atoms with E-state index in [1.165, 1.54) is 5.69 Å². The van der Waals surface area contributed by atoms with Crippen LogP contribution in [0.15, 0.2) is 11.6 Å². The van der Waals surface area contributed by atoms with Gasteiger partial charge in [0.15, 0.2) is 4.96 Å². The maximum absolute atomic E-state index is 5.83. The van der Waals surface area contributed by atoms with E-state index in [0.717, 1.165) is 10.8 Å². The summed E-state index contributed by atoms with van der Waals surface area (Å²) in [6.07, 6.45) is 1.71. The SMILES string of the molecule is CC(C)(C)c1csc2ncc(N)n12. The summed E-state index contributed by atoms with van der Waals surface area (Å²) in [6, 6.07) is 0. The summed E-state index contributed by atoms with van der Waals surface area (Å²) in [5, 5.41) is 2.12. The molecule has 0 saturated heterocycles. The van der Waals surface area contributed by atoms with Crippen molar-refractivity contribution in [2.45, 2.75) is 26.2 Å². The second kappa shape index (κ2) is 2.48. The number of hydrogen-bond acceptors (Lipinski definition) is 3. The van der Waals surface area contributed by atoms with Crippen molar-refractivity contribution < 1.29 is 0 Å². The highest BCUT2D eigenvalue weighted by Gasteiger charge is 2.20. The van der Waals surface area contributed by atoms with Crippen LogP contribution in [0.5, 0.6) is 0 Å². The molecular formula is C9H13N3S. The van der Waals surface area contributed by atoms with Crippen molar-refractivity contribution in [2.75, 3.05) is 5.73 Å². The number of hydrogen-bond donors (Lipinski definition) is 1. The fraction of sp³-hybridized carbons (Fsp3) is 0.444. The predicted molar refractivity (Wildman–Crippen MR) is 56.2 cm³/mol. The number of nitrogen functional groups attached to an aromatic ring is 1. The van der Waals surface area contributed by atoms with Gasteiger partial charge < -0.3 is 5.73 Å². The van der Waals surface area contributed by atoms with E-state index in [2.05, 4.69) is 31.1 Å². The molecule has 0 saturated carbocycles. The first kappa shape index (κ1) is 8.56. The van der Waals surface area contributed by atoms with Crippen molar-refractivity contribution in [3.63, 3.8) is 0 Å². The second-order valence-electron chi connectivity index (χ2n) is 4.17. The van der Waals surface area contributed by atoms with Crippen LogP contribution >= 0.6 is 11.3 Å². The standard InChI is InChI=1S/C9H13N3S/c1-9(2,3)6-5-13-8-11-4-7(10)12(6)8/h4-5H,10H2,1-3H3. The number of rotatable bonds is 0. The lowest BCUT2D eigenvalue weighted by molar-refractivity contribution is 0.566. The lowest BCUT2D eigenvalue weighted by Gasteiger charge is -2.17. The molecule has 2 rings (SSSR count). The van der Waals surface area contributed by atoms with Crippen LogP contribution in [0.1, 0.15) is 26.5 Å². The van der Waals surface area contributed by atoms with Gasteiger partial charge in [0, 0.05) is 16.5 Å². The topological polar surface area (TPSA) is 43.3 Å². The maximum atomic E-state index is 5.83. The lowest BCUT2D eigenvalue weighted by Crippen LogP contribution is -2.14. The van der Waals surface area contributed by atoms with Crippen molar-refractivity contribution in [1.82, 2.24) is 9.38 Å². The molecule has 0 aliphatic rings. The molecule has 70 valence electrons. The first-order chi connectivity index (χ1) is 6.00. The van der Waals surface area contributed by atoms with Crippen molar-refractivity contribution in [2.24, 2.45) is 0 Å². The minimum absolute atomic E-state index is 0.118. The molecule has 0 bridgehead atoms. The molecule has 0 fully saturated rings. The Hall–Kier alpha value is -1.03. The van der Waals surface area contributed by atoms with Gasteiger partial charge >= 0.3 is 0 Å². The van der Waals surface area contributed by atoms with Crippen LogP contribution in [0.4, 0.5) is 5.82 Å². The summed E-state index contributed by atoms with van der Waals surface area (Å²) in [4.78, 5) is 5.18. The highest BCUT2D eigenvalue weighted by molar-refractivity contribution is 7.15. The Morgan fingerprint density at radius 2 is 2.15 bits per heavy atom. The van der Waals surface area contributed by atoms with Crippen molar-refractivity contribution in [1.29, 1.82) is 0 Å². The zero-order valence-electron chi connectivity index (χ0n) is 8.03. The maximum Gasteiger partial charge on any atom is 0.195 e. The molecule has 3 nitrogen and oxygen atoms in total. The van der Waals surface area contributed by atoms with Gasteiger partial charge in [-0.05, 0) is 0 Å². The summed E-state index contributed by atoms with van der Waals surface area (Å²) >= 11 is 1.63. The zero-order chi connectivity index (χ0) is 9.64. The first-order valence-electron chi connectivity index (χ1n) is 4.21. The Morgan fingerprint density at radius 1 is 1.46 bits per heavy atom. The molecule has 0 aliphatic carbocycles. The quantitative estimate of drug-likeness (QED) is 0.700. The third kappa shape index (κ3) is 1.21. The molecule has 2 aromatic heterocycles. The largest absolute Gasteiger partial charge is 0.383 e. The van der Waals surface area contributed by atoms with Gasteiger partial charge in [-0.3, -0.25) is 4.40 Å². The van der Waals surface area contributed by atoms with Gasteiger partial charge in [0.25, 0.3) is 0 Å². The lowest BCUT2D eigenvalue weighted by atomic mass is 9.93. The number of imidazole rings is 1. The van der Waals surface area contributed by atoms with Crippen molar-refractivity contribution in [3.8, 4) is 0 Å². The van der Waals surface area contributed by atoms with Gasteiger partial charge in [0.2, 0.25) is 0 Å².